The van der Waals surface area contributed by atoms with Crippen LogP contribution in [-0.4, -0.2) is 26.0 Å². The largest absolute Gasteiger partial charge is 0.494 e. The zero-order valence-corrected chi connectivity index (χ0v) is 25.4. The van der Waals surface area contributed by atoms with Crippen molar-refractivity contribution in [2.24, 2.45) is 5.92 Å². The second kappa shape index (κ2) is 14.7. The van der Waals surface area contributed by atoms with E-state index in [1.165, 1.54) is 16.7 Å². The van der Waals surface area contributed by atoms with Gasteiger partial charge in [-0.3, -0.25) is 4.57 Å². The van der Waals surface area contributed by atoms with Gasteiger partial charge < -0.3 is 18.5 Å². The Morgan fingerprint density at radius 1 is 1.05 bits per heavy atom. The van der Waals surface area contributed by atoms with Crippen LogP contribution >= 0.6 is 7.60 Å². The fraction of sp³-hybridized carbons (Fsp3) is 0.455. The third kappa shape index (κ3) is 8.96. The first kappa shape index (κ1) is 30.9. The van der Waals surface area contributed by atoms with Gasteiger partial charge in [-0.25, -0.2) is 0 Å². The molecule has 1 aliphatic rings. The van der Waals surface area contributed by atoms with Gasteiger partial charge in [-0.15, -0.1) is 0 Å². The van der Waals surface area contributed by atoms with Crippen molar-refractivity contribution in [3.8, 4) is 16.9 Å². The third-order valence-corrected chi connectivity index (χ3v) is 9.04. The summed E-state index contributed by atoms with van der Waals surface area (Å²) >= 11 is 0. The van der Waals surface area contributed by atoms with Gasteiger partial charge in [0.15, 0.2) is 0 Å². The highest BCUT2D eigenvalue weighted by atomic mass is 31.2. The number of aryl methyl sites for hydroxylation is 2. The van der Waals surface area contributed by atoms with Gasteiger partial charge in [0.05, 0.1) is 26.0 Å². The number of rotatable bonds is 14. The lowest BCUT2D eigenvalue weighted by molar-refractivity contribution is 0.212. The van der Waals surface area contributed by atoms with Crippen molar-refractivity contribution in [1.82, 2.24) is 0 Å². The molecule has 0 bridgehead atoms. The van der Waals surface area contributed by atoms with Gasteiger partial charge in [0, 0.05) is 0 Å². The van der Waals surface area contributed by atoms with Crippen LogP contribution in [-0.2, 0) is 25.0 Å². The van der Waals surface area contributed by atoms with Crippen molar-refractivity contribution in [2.45, 2.75) is 67.4 Å². The van der Waals surface area contributed by atoms with E-state index in [4.69, 9.17) is 18.5 Å². The minimum atomic E-state index is -3.04. The van der Waals surface area contributed by atoms with Crippen LogP contribution in [0.15, 0.2) is 72.0 Å². The van der Waals surface area contributed by atoms with Crippen molar-refractivity contribution in [1.29, 1.82) is 0 Å². The Kier molecular flexibility index (Phi) is 11.7. The van der Waals surface area contributed by atoms with Crippen LogP contribution in [0.3, 0.4) is 0 Å². The molecular weight excluding hydrogens is 507 g/mol. The van der Waals surface area contributed by atoms with E-state index in [0.29, 0.717) is 50.7 Å². The predicted molar refractivity (Wildman–Crippen MR) is 161 cm³/mol. The van der Waals surface area contributed by atoms with Gasteiger partial charge in [-0.2, -0.15) is 0 Å². The predicted octanol–water partition coefficient (Wildman–Crippen LogP) is 9.34. The summed E-state index contributed by atoms with van der Waals surface area (Å²) in [6.45, 7) is 18.0. The first-order valence-electron chi connectivity index (χ1n) is 14.1. The van der Waals surface area contributed by atoms with Crippen LogP contribution < -0.4 is 4.74 Å². The van der Waals surface area contributed by atoms with Gasteiger partial charge in [-0.05, 0) is 123 Å². The highest BCUT2D eigenvalue weighted by Crippen LogP contribution is 2.48. The first-order valence-corrected chi connectivity index (χ1v) is 15.8. The molecule has 0 amide bonds. The van der Waals surface area contributed by atoms with E-state index < -0.39 is 7.60 Å². The van der Waals surface area contributed by atoms with Crippen molar-refractivity contribution >= 4 is 7.60 Å². The SMILES string of the molecule is C=C(/C=C1/CC(C)C/C1=C/C)OCc1cccc(-c2c(C)cc(OCCCP(=O)(OCC)OCC)cc2C)c1. The zero-order chi connectivity index (χ0) is 28.4. The number of hydrogen-bond donors (Lipinski definition) is 0. The molecule has 0 saturated heterocycles. The molecule has 0 N–H and O–H groups in total. The zero-order valence-electron chi connectivity index (χ0n) is 24.5. The molecule has 0 spiro atoms. The fourth-order valence-corrected chi connectivity index (χ4v) is 6.88. The lowest BCUT2D eigenvalue weighted by Gasteiger charge is -2.17. The molecule has 0 heterocycles. The molecule has 39 heavy (non-hydrogen) atoms. The molecule has 0 aromatic heterocycles. The van der Waals surface area contributed by atoms with Gasteiger partial charge >= 0.3 is 7.60 Å². The summed E-state index contributed by atoms with van der Waals surface area (Å²) in [5.74, 6) is 2.19. The Morgan fingerprint density at radius 3 is 2.36 bits per heavy atom. The maximum atomic E-state index is 12.6. The van der Waals surface area contributed by atoms with Crippen LogP contribution in [0, 0.1) is 19.8 Å². The lowest BCUT2D eigenvalue weighted by atomic mass is 9.94. The summed E-state index contributed by atoms with van der Waals surface area (Å²) in [6, 6.07) is 12.6. The maximum absolute atomic E-state index is 12.6. The van der Waals surface area contributed by atoms with Crippen molar-refractivity contribution in [2.75, 3.05) is 26.0 Å². The number of benzene rings is 2. The average Bonchev–Trinajstić information content (AvgIpc) is 3.24. The monoisotopic (exact) mass is 552 g/mol. The van der Waals surface area contributed by atoms with E-state index >= 15 is 0 Å². The van der Waals surface area contributed by atoms with E-state index in [2.05, 4.69) is 82.8 Å². The summed E-state index contributed by atoms with van der Waals surface area (Å²) in [4.78, 5) is 0. The van der Waals surface area contributed by atoms with Gasteiger partial charge in [0.25, 0.3) is 0 Å². The maximum Gasteiger partial charge on any atom is 0.330 e. The molecule has 2 aromatic carbocycles. The Morgan fingerprint density at radius 2 is 1.72 bits per heavy atom. The van der Waals surface area contributed by atoms with E-state index in [9.17, 15) is 4.57 Å². The Labute approximate surface area is 235 Å². The molecule has 6 heteroatoms. The highest BCUT2D eigenvalue weighted by Gasteiger charge is 2.23. The molecule has 1 atom stereocenters. The Balaban J connectivity index is 1.62. The first-order chi connectivity index (χ1) is 18.7. The smallest absolute Gasteiger partial charge is 0.330 e. The Bertz CT molecular complexity index is 1210. The summed E-state index contributed by atoms with van der Waals surface area (Å²) in [5.41, 5.74) is 8.47. The molecule has 212 valence electrons. The molecule has 1 saturated carbocycles. The van der Waals surface area contributed by atoms with Crippen LogP contribution in [0.5, 0.6) is 5.75 Å². The summed E-state index contributed by atoms with van der Waals surface area (Å²) in [5, 5.41) is 0. The normalized spacial score (nSPS) is 17.6. The molecule has 1 fully saturated rings. The summed E-state index contributed by atoms with van der Waals surface area (Å²) in [6.07, 6.45) is 7.45. The number of allylic oxidation sites excluding steroid dienone is 4. The molecule has 1 aliphatic carbocycles. The minimum absolute atomic E-state index is 0.346. The molecule has 0 radical (unpaired) electrons. The molecule has 2 aromatic rings. The summed E-state index contributed by atoms with van der Waals surface area (Å²) < 4.78 is 35.4. The van der Waals surface area contributed by atoms with Crippen LogP contribution in [0.2, 0.25) is 0 Å². The molecule has 1 unspecified atom stereocenters. The number of ether oxygens (including phenoxy) is 2. The molecule has 0 aliphatic heterocycles. The van der Waals surface area contributed by atoms with Gasteiger partial charge in [-0.1, -0.05) is 37.8 Å². The molecule has 5 nitrogen and oxygen atoms in total. The quantitative estimate of drug-likeness (QED) is 0.133. The number of hydrogen-bond acceptors (Lipinski definition) is 5. The summed E-state index contributed by atoms with van der Waals surface area (Å²) in [7, 11) is -3.04. The second-order valence-electron chi connectivity index (χ2n) is 10.3. The van der Waals surface area contributed by atoms with Gasteiger partial charge in [0.2, 0.25) is 0 Å². The fourth-order valence-electron chi connectivity index (χ4n) is 5.24. The minimum Gasteiger partial charge on any atom is -0.494 e. The van der Waals surface area contributed by atoms with E-state index in [-0.39, 0.29) is 0 Å². The lowest BCUT2D eigenvalue weighted by Crippen LogP contribution is -2.05. The van der Waals surface area contributed by atoms with E-state index in [0.717, 1.165) is 40.8 Å². The van der Waals surface area contributed by atoms with Crippen LogP contribution in [0.1, 0.15) is 63.6 Å². The average molecular weight is 553 g/mol. The molecule has 3 rings (SSSR count). The molecular formula is C33H45O5P. The second-order valence-corrected chi connectivity index (χ2v) is 12.4. The van der Waals surface area contributed by atoms with E-state index in [1.54, 1.807) is 0 Å². The van der Waals surface area contributed by atoms with Crippen LogP contribution in [0.25, 0.3) is 11.1 Å². The van der Waals surface area contributed by atoms with Crippen LogP contribution in [0.4, 0.5) is 0 Å². The van der Waals surface area contributed by atoms with E-state index in [1.807, 2.05) is 13.8 Å². The van der Waals surface area contributed by atoms with Gasteiger partial charge in [0.1, 0.15) is 18.1 Å². The Hall–Kier alpha value is -2.59. The third-order valence-electron chi connectivity index (χ3n) is 6.88. The van der Waals surface area contributed by atoms with Crippen molar-refractivity contribution in [3.63, 3.8) is 0 Å². The standard InChI is InChI=1S/C33H45O5P/c1-8-29-17-24(4)18-31(29)21-27(7)36-23-28-13-11-14-30(22-28)33-25(5)19-32(20-26(33)6)35-15-12-16-39(34,37-9-2)38-10-3/h8,11,13-14,19-22,24H,7,9-10,12,15-18,23H2,1-6H3/b29-8-,31-21-. The van der Waals surface area contributed by atoms with Crippen molar-refractivity contribution in [3.05, 3.63) is 88.7 Å². The highest BCUT2D eigenvalue weighted by molar-refractivity contribution is 7.53. The topological polar surface area (TPSA) is 54.0 Å². The van der Waals surface area contributed by atoms with Crippen molar-refractivity contribution < 1.29 is 23.1 Å².